The molecule has 1 aromatic rings. The van der Waals surface area contributed by atoms with Gasteiger partial charge >= 0.3 is 5.97 Å². The van der Waals surface area contributed by atoms with Crippen LogP contribution in [0.15, 0.2) is 12.4 Å². The van der Waals surface area contributed by atoms with E-state index in [1.165, 1.54) is 12.4 Å². The van der Waals surface area contributed by atoms with Crippen molar-refractivity contribution >= 4 is 5.97 Å². The average Bonchev–Trinajstić information content (AvgIpc) is 2.51. The molecule has 0 fully saturated rings. The number of carbonyl (C=O) groups excluding carboxylic acids is 1. The summed E-state index contributed by atoms with van der Waals surface area (Å²) in [5.41, 5.74) is 0.604. The van der Waals surface area contributed by atoms with Crippen molar-refractivity contribution in [3.05, 3.63) is 23.5 Å². The topological polar surface area (TPSA) is 65.9 Å². The summed E-state index contributed by atoms with van der Waals surface area (Å²) in [4.78, 5) is 13.8. The number of nitrogens with one attached hydrogen (secondary N) is 1. The molecule has 4 heteroatoms. The molecule has 0 amide bonds. The Kier molecular flexibility index (Phi) is 2.49. The summed E-state index contributed by atoms with van der Waals surface area (Å²) in [5.74, 6) is -0.463. The van der Waals surface area contributed by atoms with Gasteiger partial charge in [-0.3, -0.25) is 0 Å². The Morgan fingerprint density at radius 2 is 2.50 bits per heavy atom. The molecule has 0 saturated heterocycles. The zero-order valence-electron chi connectivity index (χ0n) is 6.63. The molecule has 0 atom stereocenters. The molecule has 0 aliphatic carbocycles. The van der Waals surface area contributed by atoms with Crippen LogP contribution in [0.3, 0.4) is 0 Å². The van der Waals surface area contributed by atoms with Gasteiger partial charge < -0.3 is 9.72 Å². The highest BCUT2D eigenvalue weighted by Gasteiger charge is 2.12. The molecule has 62 valence electrons. The maximum Gasteiger partial charge on any atom is 0.341 e. The van der Waals surface area contributed by atoms with E-state index >= 15 is 0 Å². The van der Waals surface area contributed by atoms with E-state index in [-0.39, 0.29) is 0 Å². The summed E-state index contributed by atoms with van der Waals surface area (Å²) < 4.78 is 4.72. The number of ether oxygens (including phenoxy) is 1. The zero-order chi connectivity index (χ0) is 8.97. The highest BCUT2D eigenvalue weighted by molar-refractivity contribution is 5.91. The fourth-order valence-corrected chi connectivity index (χ4v) is 0.834. The number of carbonyl (C=O) groups is 1. The van der Waals surface area contributed by atoms with E-state index in [4.69, 9.17) is 10.00 Å². The first kappa shape index (κ1) is 8.34. The molecular weight excluding hydrogens is 156 g/mol. The number of nitriles is 1. The highest BCUT2D eigenvalue weighted by Crippen LogP contribution is 2.07. The van der Waals surface area contributed by atoms with Gasteiger partial charge in [0.25, 0.3) is 0 Å². The van der Waals surface area contributed by atoms with E-state index in [1.54, 1.807) is 6.92 Å². The van der Waals surface area contributed by atoms with E-state index < -0.39 is 5.97 Å². The second-order valence-electron chi connectivity index (χ2n) is 2.11. The normalized spacial score (nSPS) is 9.00. The first-order valence-corrected chi connectivity index (χ1v) is 3.53. The third-order valence-corrected chi connectivity index (χ3v) is 1.36. The molecule has 1 N–H and O–H groups in total. The smallest absolute Gasteiger partial charge is 0.341 e. The highest BCUT2D eigenvalue weighted by atomic mass is 16.5. The fraction of sp³-hybridized carbons (Fsp3) is 0.250. The van der Waals surface area contributed by atoms with Crippen molar-refractivity contribution in [2.24, 2.45) is 0 Å². The van der Waals surface area contributed by atoms with Crippen LogP contribution in [0.5, 0.6) is 0 Å². The first-order valence-electron chi connectivity index (χ1n) is 3.53. The van der Waals surface area contributed by atoms with E-state index in [1.807, 2.05) is 6.07 Å². The van der Waals surface area contributed by atoms with Crippen molar-refractivity contribution in [3.63, 3.8) is 0 Å². The van der Waals surface area contributed by atoms with Crippen molar-refractivity contribution in [1.82, 2.24) is 4.98 Å². The van der Waals surface area contributed by atoms with Crippen molar-refractivity contribution in [1.29, 1.82) is 5.26 Å². The zero-order valence-corrected chi connectivity index (χ0v) is 6.63. The van der Waals surface area contributed by atoms with Crippen LogP contribution in [0.4, 0.5) is 0 Å². The molecule has 4 nitrogen and oxygen atoms in total. The molecule has 1 heterocycles. The predicted octanol–water partition coefficient (Wildman–Crippen LogP) is 1.06. The van der Waals surface area contributed by atoms with Crippen LogP contribution in [-0.2, 0) is 4.74 Å². The van der Waals surface area contributed by atoms with Crippen LogP contribution in [-0.4, -0.2) is 17.6 Å². The van der Waals surface area contributed by atoms with E-state index in [9.17, 15) is 4.79 Å². The minimum Gasteiger partial charge on any atom is -0.462 e. The molecule has 0 spiro atoms. The Morgan fingerprint density at radius 3 is 3.08 bits per heavy atom. The van der Waals surface area contributed by atoms with E-state index in [0.29, 0.717) is 17.7 Å². The van der Waals surface area contributed by atoms with Crippen LogP contribution < -0.4 is 0 Å². The fourth-order valence-electron chi connectivity index (χ4n) is 0.834. The van der Waals surface area contributed by atoms with Crippen LogP contribution in [0.2, 0.25) is 0 Å². The number of aromatic nitrogens is 1. The summed E-state index contributed by atoms with van der Waals surface area (Å²) in [6, 6.07) is 1.88. The second kappa shape index (κ2) is 3.58. The molecule has 1 rings (SSSR count). The van der Waals surface area contributed by atoms with Gasteiger partial charge in [0.15, 0.2) is 0 Å². The lowest BCUT2D eigenvalue weighted by atomic mass is 10.2. The maximum absolute atomic E-state index is 11.1. The molecule has 1 aromatic heterocycles. The lowest BCUT2D eigenvalue weighted by Gasteiger charge is -1.97. The van der Waals surface area contributed by atoms with Crippen LogP contribution >= 0.6 is 0 Å². The standard InChI is InChI=1S/C8H8N2O2/c1-2-12-8(11)7-5-10-4-6(7)3-9/h4-5,10H,2H2,1H3. The van der Waals surface area contributed by atoms with Crippen molar-refractivity contribution in [3.8, 4) is 6.07 Å². The van der Waals surface area contributed by atoms with Gasteiger partial charge in [0.05, 0.1) is 17.7 Å². The molecule has 0 radical (unpaired) electrons. The van der Waals surface area contributed by atoms with Crippen molar-refractivity contribution in [2.45, 2.75) is 6.92 Å². The monoisotopic (exact) mass is 164 g/mol. The van der Waals surface area contributed by atoms with Crippen molar-refractivity contribution in [2.75, 3.05) is 6.61 Å². The number of hydrogen-bond donors (Lipinski definition) is 1. The number of aromatic amines is 1. The molecule has 0 aliphatic rings. The molecular formula is C8H8N2O2. The number of H-pyrrole nitrogens is 1. The molecule has 12 heavy (non-hydrogen) atoms. The second-order valence-corrected chi connectivity index (χ2v) is 2.11. The molecule has 0 bridgehead atoms. The van der Waals surface area contributed by atoms with Crippen LogP contribution in [0.25, 0.3) is 0 Å². The Balaban J connectivity index is 2.88. The Labute approximate surface area is 69.8 Å². The number of hydrogen-bond acceptors (Lipinski definition) is 3. The van der Waals surface area contributed by atoms with Gasteiger partial charge in [0, 0.05) is 12.4 Å². The lowest BCUT2D eigenvalue weighted by molar-refractivity contribution is 0.0526. The molecule has 0 unspecified atom stereocenters. The first-order chi connectivity index (χ1) is 5.79. The third-order valence-electron chi connectivity index (χ3n) is 1.36. The van der Waals surface area contributed by atoms with Crippen LogP contribution in [0.1, 0.15) is 22.8 Å². The lowest BCUT2D eigenvalue weighted by Crippen LogP contribution is -2.04. The van der Waals surface area contributed by atoms with Crippen LogP contribution in [0, 0.1) is 11.3 Å². The van der Waals surface area contributed by atoms with E-state index in [2.05, 4.69) is 4.98 Å². The van der Waals surface area contributed by atoms with Gasteiger partial charge in [-0.05, 0) is 6.92 Å². The summed E-state index contributed by atoms with van der Waals surface area (Å²) in [5, 5.41) is 8.55. The van der Waals surface area contributed by atoms with Gasteiger partial charge in [-0.25, -0.2) is 4.79 Å². The maximum atomic E-state index is 11.1. The number of esters is 1. The minimum atomic E-state index is -0.463. The van der Waals surface area contributed by atoms with Crippen molar-refractivity contribution < 1.29 is 9.53 Å². The Bertz CT molecular complexity index is 322. The van der Waals surface area contributed by atoms with Gasteiger partial charge in [0.2, 0.25) is 0 Å². The van der Waals surface area contributed by atoms with Gasteiger partial charge in [-0.2, -0.15) is 5.26 Å². The molecule has 0 saturated carbocycles. The largest absolute Gasteiger partial charge is 0.462 e. The number of nitrogens with zero attached hydrogens (tertiary/aromatic N) is 1. The Hall–Kier alpha value is -1.76. The summed E-state index contributed by atoms with van der Waals surface area (Å²) in [7, 11) is 0. The third kappa shape index (κ3) is 1.45. The van der Waals surface area contributed by atoms with Gasteiger partial charge in [0.1, 0.15) is 6.07 Å². The average molecular weight is 164 g/mol. The Morgan fingerprint density at radius 1 is 1.75 bits per heavy atom. The summed E-state index contributed by atoms with van der Waals surface area (Å²) in [6.07, 6.45) is 2.92. The SMILES string of the molecule is CCOC(=O)c1c[nH]cc1C#N. The van der Waals surface area contributed by atoms with Gasteiger partial charge in [-0.1, -0.05) is 0 Å². The summed E-state index contributed by atoms with van der Waals surface area (Å²) >= 11 is 0. The number of rotatable bonds is 2. The quantitative estimate of drug-likeness (QED) is 0.664. The molecule has 0 aromatic carbocycles. The minimum absolute atomic E-state index is 0.291. The predicted molar refractivity (Wildman–Crippen MR) is 41.5 cm³/mol. The molecule has 0 aliphatic heterocycles. The summed E-state index contributed by atoms with van der Waals surface area (Å²) in [6.45, 7) is 2.03. The van der Waals surface area contributed by atoms with Gasteiger partial charge in [-0.15, -0.1) is 0 Å². The van der Waals surface area contributed by atoms with E-state index in [0.717, 1.165) is 0 Å².